The third-order valence-corrected chi connectivity index (χ3v) is 5.67. The summed E-state index contributed by atoms with van der Waals surface area (Å²) >= 11 is 0. The fourth-order valence-corrected chi connectivity index (χ4v) is 4.33. The first-order valence-corrected chi connectivity index (χ1v) is 10.5. The van der Waals surface area contributed by atoms with Crippen LogP contribution in [0, 0.1) is 12.7 Å². The van der Waals surface area contributed by atoms with E-state index in [9.17, 15) is 9.18 Å². The lowest BCUT2D eigenvalue weighted by Crippen LogP contribution is -2.34. The van der Waals surface area contributed by atoms with Crippen LogP contribution in [0.2, 0.25) is 0 Å². The first kappa shape index (κ1) is 21.1. The number of rotatable bonds is 6. The van der Waals surface area contributed by atoms with Crippen molar-refractivity contribution in [1.82, 2.24) is 14.5 Å². The van der Waals surface area contributed by atoms with E-state index in [2.05, 4.69) is 14.5 Å². The molecule has 31 heavy (non-hydrogen) atoms. The largest absolute Gasteiger partial charge is 0.511 e. The van der Waals surface area contributed by atoms with Crippen LogP contribution in [-0.4, -0.2) is 45.4 Å². The monoisotopic (exact) mass is 427 g/mol. The number of ether oxygens (including phenoxy) is 2. The molecule has 4 rings (SSSR count). The number of hydrogen-bond donors (Lipinski definition) is 1. The lowest BCUT2D eigenvalue weighted by Gasteiger charge is -2.33. The summed E-state index contributed by atoms with van der Waals surface area (Å²) in [7, 11) is 0. The maximum Gasteiger partial charge on any atom is 0.511 e. The van der Waals surface area contributed by atoms with E-state index in [4.69, 9.17) is 14.6 Å². The van der Waals surface area contributed by atoms with Crippen molar-refractivity contribution < 1.29 is 23.8 Å². The van der Waals surface area contributed by atoms with Crippen molar-refractivity contribution in [2.75, 3.05) is 19.7 Å². The van der Waals surface area contributed by atoms with Crippen LogP contribution in [0.25, 0.3) is 11.0 Å². The van der Waals surface area contributed by atoms with Gasteiger partial charge in [-0.2, -0.15) is 0 Å². The molecule has 1 aliphatic rings. The molecule has 164 valence electrons. The molecule has 0 radical (unpaired) electrons. The molecule has 0 unspecified atom stereocenters. The summed E-state index contributed by atoms with van der Waals surface area (Å²) in [6.45, 7) is 6.85. The van der Waals surface area contributed by atoms with E-state index in [1.165, 1.54) is 6.07 Å². The van der Waals surface area contributed by atoms with Gasteiger partial charge in [-0.05, 0) is 56.5 Å². The zero-order chi connectivity index (χ0) is 22.0. The molecule has 0 atom stereocenters. The van der Waals surface area contributed by atoms with Gasteiger partial charge in [0.15, 0.2) is 11.6 Å². The number of carboxylic acid groups (broad SMARTS) is 1. The van der Waals surface area contributed by atoms with Crippen LogP contribution in [-0.2, 0) is 6.54 Å². The Hall–Kier alpha value is -3.13. The summed E-state index contributed by atoms with van der Waals surface area (Å²) in [4.78, 5) is 17.7. The van der Waals surface area contributed by atoms with Crippen LogP contribution in [0.3, 0.4) is 0 Å². The van der Waals surface area contributed by atoms with Crippen LogP contribution < -0.4 is 9.47 Å². The minimum Gasteiger partial charge on any atom is -0.491 e. The van der Waals surface area contributed by atoms with E-state index in [1.807, 2.05) is 26.0 Å². The van der Waals surface area contributed by atoms with Crippen molar-refractivity contribution in [3.8, 4) is 11.5 Å². The molecule has 1 fully saturated rings. The van der Waals surface area contributed by atoms with Crippen molar-refractivity contribution in [3.05, 3.63) is 53.6 Å². The van der Waals surface area contributed by atoms with E-state index in [1.54, 1.807) is 18.2 Å². The first-order chi connectivity index (χ1) is 14.9. The van der Waals surface area contributed by atoms with Gasteiger partial charge in [0.05, 0.1) is 17.6 Å². The van der Waals surface area contributed by atoms with Gasteiger partial charge in [-0.1, -0.05) is 6.07 Å². The van der Waals surface area contributed by atoms with Gasteiger partial charge in [0, 0.05) is 31.7 Å². The van der Waals surface area contributed by atoms with Gasteiger partial charge in [0.1, 0.15) is 11.6 Å². The summed E-state index contributed by atoms with van der Waals surface area (Å²) in [6, 6.07) is 10.6. The second-order valence-corrected chi connectivity index (χ2v) is 7.75. The minimum atomic E-state index is -1.34. The summed E-state index contributed by atoms with van der Waals surface area (Å²) in [5.74, 6) is 1.15. The number of likely N-dealkylation sites (tertiary alicyclic amines) is 1. The highest BCUT2D eigenvalue weighted by Crippen LogP contribution is 2.31. The highest BCUT2D eigenvalue weighted by atomic mass is 19.1. The molecule has 0 saturated carbocycles. The number of aromatic nitrogens is 2. The third-order valence-electron chi connectivity index (χ3n) is 5.67. The molecular formula is C23H26FN3O4. The topological polar surface area (TPSA) is 76.8 Å². The second-order valence-electron chi connectivity index (χ2n) is 7.75. The zero-order valence-corrected chi connectivity index (χ0v) is 17.7. The number of halogens is 1. The van der Waals surface area contributed by atoms with E-state index in [-0.39, 0.29) is 11.6 Å². The predicted molar refractivity (Wildman–Crippen MR) is 114 cm³/mol. The SMILES string of the molecule is CCOc1cc(CN2CCC(n3c(C)nc4cc(OC(=O)O)ccc43)CC2)ccc1F. The molecule has 8 heteroatoms. The van der Waals surface area contributed by atoms with Crippen LogP contribution in [0.1, 0.15) is 37.2 Å². The van der Waals surface area contributed by atoms with Crippen LogP contribution in [0.4, 0.5) is 9.18 Å². The maximum atomic E-state index is 13.8. The Labute approximate surface area is 180 Å². The Morgan fingerprint density at radius 2 is 2.00 bits per heavy atom. The quantitative estimate of drug-likeness (QED) is 0.451. The average Bonchev–Trinajstić information content (AvgIpc) is 3.06. The molecule has 1 N–H and O–H groups in total. The smallest absolute Gasteiger partial charge is 0.491 e. The molecule has 1 aromatic heterocycles. The lowest BCUT2D eigenvalue weighted by molar-refractivity contribution is 0.144. The third kappa shape index (κ3) is 4.64. The fraction of sp³-hybridized carbons (Fsp3) is 0.391. The van der Waals surface area contributed by atoms with Gasteiger partial charge in [-0.15, -0.1) is 0 Å². The lowest BCUT2D eigenvalue weighted by atomic mass is 10.0. The van der Waals surface area contributed by atoms with E-state index in [0.29, 0.717) is 18.4 Å². The number of fused-ring (bicyclic) bond motifs is 1. The van der Waals surface area contributed by atoms with Crippen molar-refractivity contribution in [3.63, 3.8) is 0 Å². The Morgan fingerprint density at radius 1 is 1.23 bits per heavy atom. The van der Waals surface area contributed by atoms with Crippen molar-refractivity contribution in [2.24, 2.45) is 0 Å². The Balaban J connectivity index is 1.44. The van der Waals surface area contributed by atoms with Crippen molar-refractivity contribution in [2.45, 2.75) is 39.3 Å². The normalized spacial score (nSPS) is 15.3. The van der Waals surface area contributed by atoms with Gasteiger partial charge in [-0.3, -0.25) is 4.90 Å². The van der Waals surface area contributed by atoms with E-state index >= 15 is 0 Å². The number of piperidine rings is 1. The summed E-state index contributed by atoms with van der Waals surface area (Å²) in [5.41, 5.74) is 2.75. The fourth-order valence-electron chi connectivity index (χ4n) is 4.33. The number of carbonyl (C=O) groups is 1. The second kappa shape index (κ2) is 8.93. The first-order valence-electron chi connectivity index (χ1n) is 10.5. The average molecular weight is 427 g/mol. The molecule has 2 aromatic carbocycles. The number of aryl methyl sites for hydroxylation is 1. The highest BCUT2D eigenvalue weighted by Gasteiger charge is 2.24. The molecule has 1 aliphatic heterocycles. The molecule has 0 amide bonds. The molecule has 3 aromatic rings. The molecule has 1 saturated heterocycles. The van der Waals surface area contributed by atoms with Crippen LogP contribution in [0.5, 0.6) is 11.5 Å². The molecule has 0 spiro atoms. The van der Waals surface area contributed by atoms with Crippen molar-refractivity contribution in [1.29, 1.82) is 0 Å². The Kier molecular flexibility index (Phi) is 6.08. The van der Waals surface area contributed by atoms with Gasteiger partial charge in [0.25, 0.3) is 0 Å². The maximum absolute atomic E-state index is 13.8. The van der Waals surface area contributed by atoms with Gasteiger partial charge in [-0.25, -0.2) is 14.2 Å². The molecule has 7 nitrogen and oxygen atoms in total. The van der Waals surface area contributed by atoms with Gasteiger partial charge < -0.3 is 19.1 Å². The predicted octanol–water partition coefficient (Wildman–Crippen LogP) is 4.78. The minimum absolute atomic E-state index is 0.269. The van der Waals surface area contributed by atoms with Gasteiger partial charge in [0.2, 0.25) is 0 Å². The van der Waals surface area contributed by atoms with E-state index < -0.39 is 6.16 Å². The van der Waals surface area contributed by atoms with Crippen molar-refractivity contribution >= 4 is 17.2 Å². The molecule has 0 aliphatic carbocycles. The molecule has 0 bridgehead atoms. The molecule has 2 heterocycles. The number of nitrogens with zero attached hydrogens (tertiary/aromatic N) is 3. The zero-order valence-electron chi connectivity index (χ0n) is 17.7. The summed E-state index contributed by atoms with van der Waals surface area (Å²) in [6.07, 6.45) is 0.607. The van der Waals surface area contributed by atoms with Gasteiger partial charge >= 0.3 is 6.16 Å². The number of imidazole rings is 1. The Morgan fingerprint density at radius 3 is 2.71 bits per heavy atom. The Bertz CT molecular complexity index is 1090. The van der Waals surface area contributed by atoms with Crippen LogP contribution >= 0.6 is 0 Å². The number of benzene rings is 2. The standard InChI is InChI=1S/C23H26FN3O4/c1-3-30-22-12-16(4-6-19(22)24)14-26-10-8-17(9-11-26)27-15(2)25-20-13-18(31-23(28)29)5-7-21(20)27/h4-7,12-13,17H,3,8-11,14H2,1-2H3,(H,28,29). The molecular weight excluding hydrogens is 401 g/mol. The van der Waals surface area contributed by atoms with Crippen LogP contribution in [0.15, 0.2) is 36.4 Å². The highest BCUT2D eigenvalue weighted by molar-refractivity contribution is 5.79. The number of hydrogen-bond acceptors (Lipinski definition) is 5. The van der Waals surface area contributed by atoms with E-state index in [0.717, 1.165) is 54.9 Å². The summed E-state index contributed by atoms with van der Waals surface area (Å²) in [5, 5.41) is 8.81. The summed E-state index contributed by atoms with van der Waals surface area (Å²) < 4.78 is 26.2.